The highest BCUT2D eigenvalue weighted by molar-refractivity contribution is 5.84. The lowest BCUT2D eigenvalue weighted by atomic mass is 9.99. The molecule has 128 valence electrons. The van der Waals surface area contributed by atoms with Crippen molar-refractivity contribution in [2.45, 2.75) is 38.8 Å². The molecule has 0 radical (unpaired) electrons. The molecular weight excluding hydrogens is 306 g/mol. The summed E-state index contributed by atoms with van der Waals surface area (Å²) in [7, 11) is 0. The Morgan fingerprint density at radius 3 is 2.50 bits per heavy atom. The van der Waals surface area contributed by atoms with Crippen molar-refractivity contribution in [1.82, 2.24) is 5.32 Å². The van der Waals surface area contributed by atoms with E-state index in [1.165, 1.54) is 0 Å². The average molecular weight is 329 g/mol. The number of carbonyl (C=O) groups excluding carboxylic acids is 1. The SMILES string of the molecule is CC(C)OCCC(=O)N[C@@H](CC(=O)O)c1ccc2ccccc2c1. The summed E-state index contributed by atoms with van der Waals surface area (Å²) in [6.45, 7) is 4.13. The maximum atomic E-state index is 12.1. The molecule has 5 nitrogen and oxygen atoms in total. The van der Waals surface area contributed by atoms with Gasteiger partial charge in [-0.15, -0.1) is 0 Å². The molecule has 1 amide bonds. The van der Waals surface area contributed by atoms with Gasteiger partial charge in [-0.3, -0.25) is 9.59 Å². The van der Waals surface area contributed by atoms with Crippen LogP contribution in [0.4, 0.5) is 0 Å². The van der Waals surface area contributed by atoms with Crippen LogP contribution in [-0.4, -0.2) is 29.7 Å². The van der Waals surface area contributed by atoms with Crippen molar-refractivity contribution in [3.05, 3.63) is 48.0 Å². The fourth-order valence-corrected chi connectivity index (χ4v) is 2.51. The number of benzene rings is 2. The summed E-state index contributed by atoms with van der Waals surface area (Å²) in [5.41, 5.74) is 0.786. The largest absolute Gasteiger partial charge is 0.481 e. The molecule has 0 bridgehead atoms. The van der Waals surface area contributed by atoms with Crippen molar-refractivity contribution in [3.63, 3.8) is 0 Å². The standard InChI is InChI=1S/C19H23NO4/c1-13(2)24-10-9-18(21)20-17(12-19(22)23)16-8-7-14-5-3-4-6-15(14)11-16/h3-8,11,13,17H,9-10,12H2,1-2H3,(H,20,21)(H,22,23)/t17-/m0/s1. The van der Waals surface area contributed by atoms with Gasteiger partial charge in [0, 0.05) is 6.42 Å². The Bertz CT molecular complexity index is 711. The first-order chi connectivity index (χ1) is 11.5. The smallest absolute Gasteiger partial charge is 0.305 e. The molecule has 2 N–H and O–H groups in total. The number of ether oxygens (including phenoxy) is 1. The third-order valence-electron chi connectivity index (χ3n) is 3.67. The number of hydrogen-bond donors (Lipinski definition) is 2. The van der Waals surface area contributed by atoms with Crippen LogP contribution >= 0.6 is 0 Å². The van der Waals surface area contributed by atoms with Crippen molar-refractivity contribution in [2.24, 2.45) is 0 Å². The number of hydrogen-bond acceptors (Lipinski definition) is 3. The monoisotopic (exact) mass is 329 g/mol. The predicted octanol–water partition coefficient (Wildman–Crippen LogP) is 3.29. The first kappa shape index (κ1) is 17.9. The van der Waals surface area contributed by atoms with E-state index < -0.39 is 12.0 Å². The zero-order chi connectivity index (χ0) is 17.5. The van der Waals surface area contributed by atoms with Crippen LogP contribution in [0.3, 0.4) is 0 Å². The lowest BCUT2D eigenvalue weighted by Crippen LogP contribution is -2.31. The molecule has 2 aromatic carbocycles. The van der Waals surface area contributed by atoms with Gasteiger partial charge in [-0.25, -0.2) is 0 Å². The fourth-order valence-electron chi connectivity index (χ4n) is 2.51. The Labute approximate surface area is 141 Å². The summed E-state index contributed by atoms with van der Waals surface area (Å²) in [5.74, 6) is -1.16. The highest BCUT2D eigenvalue weighted by atomic mass is 16.5. The Kier molecular flexibility index (Phi) is 6.32. The van der Waals surface area contributed by atoms with Crippen LogP contribution in [0.2, 0.25) is 0 Å². The fraction of sp³-hybridized carbons (Fsp3) is 0.368. The molecule has 5 heteroatoms. The second kappa shape index (κ2) is 8.45. The summed E-state index contributed by atoms with van der Waals surface area (Å²) in [4.78, 5) is 23.2. The Morgan fingerprint density at radius 2 is 1.83 bits per heavy atom. The number of aliphatic carboxylic acids is 1. The number of carbonyl (C=O) groups is 2. The zero-order valence-electron chi connectivity index (χ0n) is 14.0. The lowest BCUT2D eigenvalue weighted by molar-refractivity contribution is -0.137. The predicted molar refractivity (Wildman–Crippen MR) is 92.8 cm³/mol. The van der Waals surface area contributed by atoms with Gasteiger partial charge in [0.25, 0.3) is 0 Å². The maximum absolute atomic E-state index is 12.1. The molecule has 2 aromatic rings. The minimum absolute atomic E-state index is 0.0631. The molecule has 0 heterocycles. The molecule has 0 aliphatic heterocycles. The summed E-state index contributed by atoms with van der Waals surface area (Å²) in [6, 6.07) is 13.0. The van der Waals surface area contributed by atoms with Gasteiger partial charge in [-0.05, 0) is 36.2 Å². The summed E-state index contributed by atoms with van der Waals surface area (Å²) < 4.78 is 5.36. The Hall–Kier alpha value is -2.40. The van der Waals surface area contributed by atoms with E-state index in [1.807, 2.05) is 56.3 Å². The van der Waals surface area contributed by atoms with Crippen molar-refractivity contribution < 1.29 is 19.4 Å². The maximum Gasteiger partial charge on any atom is 0.305 e. The molecule has 1 atom stereocenters. The second-order valence-electron chi connectivity index (χ2n) is 5.99. The normalized spacial score (nSPS) is 12.3. The van der Waals surface area contributed by atoms with Crippen LogP contribution in [0.25, 0.3) is 10.8 Å². The molecule has 0 aliphatic carbocycles. The molecule has 0 fully saturated rings. The van der Waals surface area contributed by atoms with E-state index in [-0.39, 0.29) is 24.9 Å². The van der Waals surface area contributed by atoms with Crippen molar-refractivity contribution in [1.29, 1.82) is 0 Å². The van der Waals surface area contributed by atoms with Crippen LogP contribution in [0.1, 0.15) is 38.3 Å². The Morgan fingerprint density at radius 1 is 1.12 bits per heavy atom. The van der Waals surface area contributed by atoms with Crippen molar-refractivity contribution >= 4 is 22.6 Å². The molecule has 0 unspecified atom stereocenters. The second-order valence-corrected chi connectivity index (χ2v) is 5.99. The van der Waals surface area contributed by atoms with Gasteiger partial charge in [0.1, 0.15) is 0 Å². The van der Waals surface area contributed by atoms with E-state index in [9.17, 15) is 9.59 Å². The number of amides is 1. The minimum atomic E-state index is -0.952. The van der Waals surface area contributed by atoms with E-state index in [0.29, 0.717) is 6.61 Å². The number of carboxylic acid groups (broad SMARTS) is 1. The van der Waals surface area contributed by atoms with Gasteiger partial charge in [0.2, 0.25) is 5.91 Å². The third-order valence-corrected chi connectivity index (χ3v) is 3.67. The molecular formula is C19H23NO4. The van der Waals surface area contributed by atoms with Gasteiger partial charge in [-0.2, -0.15) is 0 Å². The van der Waals surface area contributed by atoms with E-state index in [4.69, 9.17) is 9.84 Å². The van der Waals surface area contributed by atoms with Crippen molar-refractivity contribution in [2.75, 3.05) is 6.61 Å². The van der Waals surface area contributed by atoms with E-state index in [0.717, 1.165) is 16.3 Å². The molecule has 0 spiro atoms. The minimum Gasteiger partial charge on any atom is -0.481 e. The molecule has 0 saturated carbocycles. The van der Waals surface area contributed by atoms with E-state index in [1.54, 1.807) is 0 Å². The molecule has 0 saturated heterocycles. The number of carboxylic acids is 1. The van der Waals surface area contributed by atoms with Gasteiger partial charge in [-0.1, -0.05) is 36.4 Å². The van der Waals surface area contributed by atoms with Crippen LogP contribution < -0.4 is 5.32 Å². The molecule has 2 rings (SSSR count). The van der Waals surface area contributed by atoms with Gasteiger partial charge in [0.05, 0.1) is 25.2 Å². The van der Waals surface area contributed by atoms with Gasteiger partial charge < -0.3 is 15.2 Å². The zero-order valence-corrected chi connectivity index (χ0v) is 14.0. The highest BCUT2D eigenvalue weighted by Crippen LogP contribution is 2.22. The van der Waals surface area contributed by atoms with E-state index >= 15 is 0 Å². The summed E-state index contributed by atoms with van der Waals surface area (Å²) >= 11 is 0. The van der Waals surface area contributed by atoms with Crippen LogP contribution in [-0.2, 0) is 14.3 Å². The summed E-state index contributed by atoms with van der Waals surface area (Å²) in [6.07, 6.45) is 0.116. The quantitative estimate of drug-likeness (QED) is 0.779. The molecule has 0 aromatic heterocycles. The number of nitrogens with one attached hydrogen (secondary N) is 1. The molecule has 0 aliphatic rings. The average Bonchev–Trinajstić information content (AvgIpc) is 2.53. The summed E-state index contributed by atoms with van der Waals surface area (Å²) in [5, 5.41) is 14.0. The first-order valence-electron chi connectivity index (χ1n) is 8.07. The lowest BCUT2D eigenvalue weighted by Gasteiger charge is -2.18. The van der Waals surface area contributed by atoms with Crippen LogP contribution in [0.5, 0.6) is 0 Å². The van der Waals surface area contributed by atoms with Crippen LogP contribution in [0, 0.1) is 0 Å². The highest BCUT2D eigenvalue weighted by Gasteiger charge is 2.18. The molecule has 24 heavy (non-hydrogen) atoms. The van der Waals surface area contributed by atoms with Crippen LogP contribution in [0.15, 0.2) is 42.5 Å². The Balaban J connectivity index is 2.11. The number of rotatable bonds is 8. The van der Waals surface area contributed by atoms with Crippen molar-refractivity contribution in [3.8, 4) is 0 Å². The first-order valence-corrected chi connectivity index (χ1v) is 8.07. The number of fused-ring (bicyclic) bond motifs is 1. The van der Waals surface area contributed by atoms with Gasteiger partial charge in [0.15, 0.2) is 0 Å². The van der Waals surface area contributed by atoms with E-state index in [2.05, 4.69) is 5.32 Å². The van der Waals surface area contributed by atoms with Gasteiger partial charge >= 0.3 is 5.97 Å². The topological polar surface area (TPSA) is 75.6 Å². The third kappa shape index (κ3) is 5.35.